The molecule has 12 heavy (non-hydrogen) atoms. The first-order valence-electron chi connectivity index (χ1n) is 3.82. The molecule has 0 saturated carbocycles. The van der Waals surface area contributed by atoms with E-state index in [1.807, 2.05) is 0 Å². The van der Waals surface area contributed by atoms with E-state index in [2.05, 4.69) is 36.4 Å². The molecule has 0 heterocycles. The van der Waals surface area contributed by atoms with Crippen LogP contribution in [-0.4, -0.2) is 33.7 Å². The predicted octanol–water partition coefficient (Wildman–Crippen LogP) is -0.643. The quantitative estimate of drug-likeness (QED) is 0.563. The molecule has 0 N–H and O–H groups in total. The summed E-state index contributed by atoms with van der Waals surface area (Å²) in [6.45, 7) is 0. The molecule has 0 bridgehead atoms. The fourth-order valence-electron chi connectivity index (χ4n) is 1.36. The van der Waals surface area contributed by atoms with Gasteiger partial charge in [-0.25, -0.2) is 0 Å². The molecule has 0 aliphatic heterocycles. The Kier molecular flexibility index (Phi) is 2.30. The van der Waals surface area contributed by atoms with Gasteiger partial charge in [0, 0.05) is 0 Å². The zero-order valence-corrected chi connectivity index (χ0v) is 11.5. The molecular formula is C10H10As2. The summed E-state index contributed by atoms with van der Waals surface area (Å²) in [4.78, 5) is 0. The summed E-state index contributed by atoms with van der Waals surface area (Å²) >= 11 is 3.41. The van der Waals surface area contributed by atoms with Crippen molar-refractivity contribution in [2.24, 2.45) is 0 Å². The number of fused-ring (bicyclic) bond motifs is 1. The van der Waals surface area contributed by atoms with Crippen molar-refractivity contribution in [2.45, 2.75) is 0 Å². The Balaban J connectivity index is 2.94. The van der Waals surface area contributed by atoms with Crippen molar-refractivity contribution in [1.82, 2.24) is 0 Å². The Bertz CT molecular complexity index is 380. The van der Waals surface area contributed by atoms with Gasteiger partial charge in [0.05, 0.1) is 0 Å². The van der Waals surface area contributed by atoms with Gasteiger partial charge in [-0.2, -0.15) is 0 Å². The second kappa shape index (κ2) is 3.28. The van der Waals surface area contributed by atoms with E-state index >= 15 is 0 Å². The summed E-state index contributed by atoms with van der Waals surface area (Å²) in [6.07, 6.45) is 0. The monoisotopic (exact) mass is 280 g/mol. The van der Waals surface area contributed by atoms with Crippen LogP contribution < -0.4 is 8.70 Å². The zero-order chi connectivity index (χ0) is 8.55. The Labute approximate surface area is 89.4 Å². The summed E-state index contributed by atoms with van der Waals surface area (Å²) < 4.78 is 2.86. The molecule has 2 atom stereocenters. The minimum absolute atomic E-state index is 1.42. The van der Waals surface area contributed by atoms with E-state index in [-0.39, 0.29) is 0 Å². The molecule has 0 saturated heterocycles. The molecular weight excluding hydrogens is 270 g/mol. The predicted molar refractivity (Wildman–Crippen MR) is 60.3 cm³/mol. The van der Waals surface area contributed by atoms with Crippen LogP contribution in [0.3, 0.4) is 0 Å². The second-order valence-corrected chi connectivity index (χ2v) is 5.40. The molecule has 2 heteroatoms. The fraction of sp³-hybridized carbons (Fsp3) is 0. The first kappa shape index (κ1) is 8.42. The molecule has 2 unspecified atom stereocenters. The van der Waals surface area contributed by atoms with Gasteiger partial charge in [0.1, 0.15) is 0 Å². The van der Waals surface area contributed by atoms with Crippen molar-refractivity contribution >= 4 is 53.2 Å². The van der Waals surface area contributed by atoms with E-state index in [1.54, 1.807) is 33.7 Å². The van der Waals surface area contributed by atoms with Gasteiger partial charge in [-0.05, 0) is 0 Å². The van der Waals surface area contributed by atoms with Crippen molar-refractivity contribution in [1.29, 1.82) is 0 Å². The van der Waals surface area contributed by atoms with Crippen LogP contribution in [0.15, 0.2) is 36.4 Å². The first-order valence-corrected chi connectivity index (χ1v) is 6.24. The molecule has 0 spiro atoms. The summed E-state index contributed by atoms with van der Waals surface area (Å²) in [5.74, 6) is 0. The summed E-state index contributed by atoms with van der Waals surface area (Å²) in [5.41, 5.74) is 0. The average molecular weight is 280 g/mol. The van der Waals surface area contributed by atoms with E-state index in [4.69, 9.17) is 0 Å². The Hall–Kier alpha value is -0.183. The van der Waals surface area contributed by atoms with E-state index in [0.717, 1.165) is 0 Å². The molecule has 0 nitrogen and oxygen atoms in total. The first-order chi connectivity index (χ1) is 5.79. The van der Waals surface area contributed by atoms with Gasteiger partial charge in [0.2, 0.25) is 0 Å². The van der Waals surface area contributed by atoms with E-state index in [1.165, 1.54) is 19.5 Å². The average Bonchev–Trinajstić information content (AvgIpc) is 2.07. The maximum atomic E-state index is 2.20. The van der Waals surface area contributed by atoms with Crippen LogP contribution in [0.4, 0.5) is 0 Å². The van der Waals surface area contributed by atoms with Gasteiger partial charge in [-0.3, -0.25) is 0 Å². The molecule has 0 aliphatic rings. The Morgan fingerprint density at radius 3 is 1.50 bits per heavy atom. The van der Waals surface area contributed by atoms with Crippen LogP contribution in [0.25, 0.3) is 10.8 Å². The molecule has 60 valence electrons. The van der Waals surface area contributed by atoms with Crippen LogP contribution in [-0.2, 0) is 0 Å². The SMILES string of the molecule is [AsH2]c1cccc2c([AsH2])cccc12. The van der Waals surface area contributed by atoms with E-state index in [0.29, 0.717) is 0 Å². The van der Waals surface area contributed by atoms with Gasteiger partial charge in [0.15, 0.2) is 0 Å². The van der Waals surface area contributed by atoms with Crippen LogP contribution in [0.1, 0.15) is 0 Å². The molecule has 0 fully saturated rings. The van der Waals surface area contributed by atoms with Crippen molar-refractivity contribution in [3.05, 3.63) is 36.4 Å². The third kappa shape index (κ3) is 1.35. The van der Waals surface area contributed by atoms with Crippen LogP contribution >= 0.6 is 0 Å². The van der Waals surface area contributed by atoms with Gasteiger partial charge >= 0.3 is 89.6 Å². The number of hydrogen-bond acceptors (Lipinski definition) is 0. The molecule has 0 aromatic heterocycles. The number of rotatable bonds is 0. The van der Waals surface area contributed by atoms with Gasteiger partial charge in [-0.15, -0.1) is 0 Å². The van der Waals surface area contributed by atoms with E-state index in [9.17, 15) is 0 Å². The summed E-state index contributed by atoms with van der Waals surface area (Å²) in [5, 5.41) is 2.83. The van der Waals surface area contributed by atoms with Crippen molar-refractivity contribution in [3.63, 3.8) is 0 Å². The Morgan fingerprint density at radius 2 is 1.08 bits per heavy atom. The van der Waals surface area contributed by atoms with Crippen LogP contribution in [0.2, 0.25) is 0 Å². The second-order valence-electron chi connectivity index (χ2n) is 2.79. The van der Waals surface area contributed by atoms with Gasteiger partial charge in [0.25, 0.3) is 0 Å². The third-order valence-corrected chi connectivity index (χ3v) is 4.10. The number of benzene rings is 2. The molecule has 2 aromatic carbocycles. The topological polar surface area (TPSA) is 0 Å². The molecule has 0 amide bonds. The van der Waals surface area contributed by atoms with Crippen LogP contribution in [0, 0.1) is 0 Å². The van der Waals surface area contributed by atoms with Crippen molar-refractivity contribution in [2.75, 3.05) is 0 Å². The molecule has 0 radical (unpaired) electrons. The Morgan fingerprint density at radius 1 is 0.667 bits per heavy atom. The van der Waals surface area contributed by atoms with E-state index < -0.39 is 0 Å². The number of hydrogen-bond donors (Lipinski definition) is 0. The molecule has 2 rings (SSSR count). The summed E-state index contributed by atoms with van der Waals surface area (Å²) in [6, 6.07) is 13.1. The zero-order valence-electron chi connectivity index (χ0n) is 6.62. The van der Waals surface area contributed by atoms with Gasteiger partial charge < -0.3 is 0 Å². The maximum absolute atomic E-state index is 2.20. The standard InChI is InChI=1S/C10H10As2/c11-9-5-1-3-7-8(9)4-2-6-10(7)12/h1-6H,11-12H2. The van der Waals surface area contributed by atoms with Gasteiger partial charge in [-0.1, -0.05) is 0 Å². The normalized spacial score (nSPS) is 10.5. The van der Waals surface area contributed by atoms with Crippen molar-refractivity contribution in [3.8, 4) is 0 Å². The van der Waals surface area contributed by atoms with Crippen LogP contribution in [0.5, 0.6) is 0 Å². The summed E-state index contributed by atoms with van der Waals surface area (Å²) in [7, 11) is 0. The molecule has 0 aliphatic carbocycles. The minimum atomic E-state index is 1.42. The third-order valence-electron chi connectivity index (χ3n) is 1.99. The fourth-order valence-corrected chi connectivity index (χ4v) is 2.88. The van der Waals surface area contributed by atoms with Crippen molar-refractivity contribution < 1.29 is 0 Å². The molecule has 2 aromatic rings.